The average Bonchev–Trinajstić information content (AvgIpc) is 3.01. The molecule has 24 heavy (non-hydrogen) atoms. The van der Waals surface area contributed by atoms with E-state index in [9.17, 15) is 4.79 Å². The number of aldehydes is 1. The van der Waals surface area contributed by atoms with Gasteiger partial charge in [0.15, 0.2) is 5.69 Å². The first-order chi connectivity index (χ1) is 11.8. The lowest BCUT2D eigenvalue weighted by molar-refractivity contribution is 0.112. The molecular formula is C20H15NO3. The molecule has 3 aromatic rings. The standard InChI is InChI=1S/C20H15NO3/c1-15-19(21-20(24-15)17-6-3-2-4-7-17)8-5-13-23-18-11-9-16(14-22)10-12-18/h2-4,6-7,9-12,14H,13H2,1H3. The predicted octanol–water partition coefficient (Wildman–Crippen LogP) is 3.89. The van der Waals surface area contributed by atoms with E-state index in [4.69, 9.17) is 9.15 Å². The summed E-state index contributed by atoms with van der Waals surface area (Å²) in [5.41, 5.74) is 2.13. The van der Waals surface area contributed by atoms with Gasteiger partial charge in [0.1, 0.15) is 24.4 Å². The van der Waals surface area contributed by atoms with E-state index in [0.29, 0.717) is 28.7 Å². The maximum atomic E-state index is 10.6. The number of aromatic nitrogens is 1. The fourth-order valence-electron chi connectivity index (χ4n) is 2.10. The van der Waals surface area contributed by atoms with E-state index in [2.05, 4.69) is 16.8 Å². The molecule has 0 aliphatic rings. The van der Waals surface area contributed by atoms with E-state index in [-0.39, 0.29) is 6.61 Å². The van der Waals surface area contributed by atoms with Crippen molar-refractivity contribution in [2.75, 3.05) is 6.61 Å². The summed E-state index contributed by atoms with van der Waals surface area (Å²) in [6, 6.07) is 16.6. The number of rotatable bonds is 4. The molecule has 0 N–H and O–H groups in total. The molecule has 0 aliphatic carbocycles. The second kappa shape index (κ2) is 7.30. The lowest BCUT2D eigenvalue weighted by Crippen LogP contribution is -1.94. The maximum Gasteiger partial charge on any atom is 0.227 e. The molecule has 118 valence electrons. The predicted molar refractivity (Wildman–Crippen MR) is 90.9 cm³/mol. The maximum absolute atomic E-state index is 10.6. The SMILES string of the molecule is Cc1oc(-c2ccccc2)nc1C#CCOc1ccc(C=O)cc1. The second-order valence-corrected chi connectivity index (χ2v) is 5.07. The van der Waals surface area contributed by atoms with Crippen LogP contribution in [0.2, 0.25) is 0 Å². The topological polar surface area (TPSA) is 52.3 Å². The molecule has 3 rings (SSSR count). The third-order valence-electron chi connectivity index (χ3n) is 3.35. The lowest BCUT2D eigenvalue weighted by Gasteiger charge is -2.00. The Morgan fingerprint density at radius 1 is 1.12 bits per heavy atom. The van der Waals surface area contributed by atoms with Gasteiger partial charge in [-0.25, -0.2) is 4.98 Å². The van der Waals surface area contributed by atoms with Crippen molar-refractivity contribution in [3.63, 3.8) is 0 Å². The van der Waals surface area contributed by atoms with Gasteiger partial charge in [0, 0.05) is 11.1 Å². The molecule has 4 heteroatoms. The normalized spacial score (nSPS) is 9.88. The Hall–Kier alpha value is -3.32. The average molecular weight is 317 g/mol. The van der Waals surface area contributed by atoms with Gasteiger partial charge in [0.05, 0.1) is 0 Å². The first-order valence-electron chi connectivity index (χ1n) is 7.46. The number of carbonyl (C=O) groups is 1. The van der Waals surface area contributed by atoms with Crippen molar-refractivity contribution >= 4 is 6.29 Å². The van der Waals surface area contributed by atoms with Crippen molar-refractivity contribution in [3.05, 3.63) is 71.6 Å². The molecule has 0 unspecified atom stereocenters. The fraction of sp³-hybridized carbons (Fsp3) is 0.100. The quantitative estimate of drug-likeness (QED) is 0.541. The third kappa shape index (κ3) is 3.71. The van der Waals surface area contributed by atoms with Crippen LogP contribution in [0.1, 0.15) is 21.8 Å². The van der Waals surface area contributed by atoms with E-state index in [1.54, 1.807) is 24.3 Å². The summed E-state index contributed by atoms with van der Waals surface area (Å²) in [7, 11) is 0. The van der Waals surface area contributed by atoms with Gasteiger partial charge < -0.3 is 9.15 Å². The minimum absolute atomic E-state index is 0.230. The fourth-order valence-corrected chi connectivity index (χ4v) is 2.10. The second-order valence-electron chi connectivity index (χ2n) is 5.07. The first kappa shape index (κ1) is 15.6. The number of hydrogen-bond acceptors (Lipinski definition) is 4. The van der Waals surface area contributed by atoms with E-state index in [1.807, 2.05) is 37.3 Å². The molecule has 4 nitrogen and oxygen atoms in total. The zero-order valence-corrected chi connectivity index (χ0v) is 13.2. The highest BCUT2D eigenvalue weighted by Crippen LogP contribution is 2.20. The molecule has 1 aromatic heterocycles. The third-order valence-corrected chi connectivity index (χ3v) is 3.35. The van der Waals surface area contributed by atoms with Crippen LogP contribution >= 0.6 is 0 Å². The van der Waals surface area contributed by atoms with Gasteiger partial charge in [-0.2, -0.15) is 0 Å². The summed E-state index contributed by atoms with van der Waals surface area (Å²) in [4.78, 5) is 15.0. The Morgan fingerprint density at radius 3 is 2.58 bits per heavy atom. The van der Waals surface area contributed by atoms with E-state index in [0.717, 1.165) is 11.8 Å². The molecule has 0 bridgehead atoms. The number of nitrogens with zero attached hydrogens (tertiary/aromatic N) is 1. The Morgan fingerprint density at radius 2 is 1.88 bits per heavy atom. The molecule has 0 radical (unpaired) electrons. The molecule has 0 fully saturated rings. The van der Waals surface area contributed by atoms with Crippen LogP contribution in [0.4, 0.5) is 0 Å². The highest BCUT2D eigenvalue weighted by Gasteiger charge is 2.08. The summed E-state index contributed by atoms with van der Waals surface area (Å²) in [5, 5.41) is 0. The molecule has 1 heterocycles. The van der Waals surface area contributed by atoms with Crippen LogP contribution in [0.25, 0.3) is 11.5 Å². The van der Waals surface area contributed by atoms with Crippen molar-refractivity contribution in [2.24, 2.45) is 0 Å². The lowest BCUT2D eigenvalue weighted by atomic mass is 10.2. The molecule has 0 spiro atoms. The smallest absolute Gasteiger partial charge is 0.227 e. The summed E-state index contributed by atoms with van der Waals surface area (Å²) in [6.07, 6.45) is 0.793. The zero-order valence-electron chi connectivity index (χ0n) is 13.2. The number of carbonyl (C=O) groups excluding carboxylic acids is 1. The Balaban J connectivity index is 1.65. The molecular weight excluding hydrogens is 302 g/mol. The summed E-state index contributed by atoms with van der Waals surface area (Å²) in [5.74, 6) is 7.78. The monoisotopic (exact) mass is 317 g/mol. The number of benzene rings is 2. The summed E-state index contributed by atoms with van der Waals surface area (Å²) < 4.78 is 11.2. The van der Waals surface area contributed by atoms with Crippen LogP contribution < -0.4 is 4.74 Å². The van der Waals surface area contributed by atoms with E-state index >= 15 is 0 Å². The molecule has 0 atom stereocenters. The van der Waals surface area contributed by atoms with Gasteiger partial charge >= 0.3 is 0 Å². The van der Waals surface area contributed by atoms with Gasteiger partial charge in [-0.15, -0.1) is 0 Å². The number of hydrogen-bond donors (Lipinski definition) is 0. The van der Waals surface area contributed by atoms with Crippen LogP contribution in [0.5, 0.6) is 5.75 Å². The summed E-state index contributed by atoms with van der Waals surface area (Å²) in [6.45, 7) is 2.07. The largest absolute Gasteiger partial charge is 0.481 e. The van der Waals surface area contributed by atoms with Gasteiger partial charge in [-0.3, -0.25) is 4.79 Å². The number of aryl methyl sites for hydroxylation is 1. The molecule has 0 saturated carbocycles. The van der Waals surface area contributed by atoms with Gasteiger partial charge in [0.2, 0.25) is 5.89 Å². The van der Waals surface area contributed by atoms with Crippen molar-refractivity contribution < 1.29 is 13.9 Å². The van der Waals surface area contributed by atoms with Crippen molar-refractivity contribution in [3.8, 4) is 29.0 Å². The molecule has 0 amide bonds. The number of ether oxygens (including phenoxy) is 1. The highest BCUT2D eigenvalue weighted by atomic mass is 16.5. The zero-order chi connectivity index (χ0) is 16.8. The minimum Gasteiger partial charge on any atom is -0.481 e. The Bertz CT molecular complexity index is 884. The summed E-state index contributed by atoms with van der Waals surface area (Å²) >= 11 is 0. The Labute approximate surface area is 140 Å². The van der Waals surface area contributed by atoms with Crippen LogP contribution in [0.3, 0.4) is 0 Å². The van der Waals surface area contributed by atoms with Crippen LogP contribution in [-0.2, 0) is 0 Å². The van der Waals surface area contributed by atoms with E-state index < -0.39 is 0 Å². The van der Waals surface area contributed by atoms with Gasteiger partial charge in [-0.1, -0.05) is 24.1 Å². The van der Waals surface area contributed by atoms with Crippen LogP contribution in [0, 0.1) is 18.8 Å². The minimum atomic E-state index is 0.230. The van der Waals surface area contributed by atoms with Crippen LogP contribution in [0.15, 0.2) is 59.0 Å². The Kier molecular flexibility index (Phi) is 4.73. The van der Waals surface area contributed by atoms with Crippen molar-refractivity contribution in [1.82, 2.24) is 4.98 Å². The van der Waals surface area contributed by atoms with Crippen molar-refractivity contribution in [1.29, 1.82) is 0 Å². The molecule has 2 aromatic carbocycles. The first-order valence-corrected chi connectivity index (χ1v) is 7.46. The van der Waals surface area contributed by atoms with Crippen molar-refractivity contribution in [2.45, 2.75) is 6.92 Å². The highest BCUT2D eigenvalue weighted by molar-refractivity contribution is 5.74. The number of oxazole rings is 1. The van der Waals surface area contributed by atoms with Crippen LogP contribution in [-0.4, -0.2) is 17.9 Å². The van der Waals surface area contributed by atoms with Gasteiger partial charge in [0.25, 0.3) is 0 Å². The molecule has 0 aliphatic heterocycles. The van der Waals surface area contributed by atoms with E-state index in [1.165, 1.54) is 0 Å². The van der Waals surface area contributed by atoms with Gasteiger partial charge in [-0.05, 0) is 49.2 Å². The molecule has 0 saturated heterocycles.